The summed E-state index contributed by atoms with van der Waals surface area (Å²) in [6.07, 6.45) is 0. The molecule has 0 fully saturated rings. The summed E-state index contributed by atoms with van der Waals surface area (Å²) in [5.41, 5.74) is 1.93. The normalized spacial score (nSPS) is 12.8. The number of ether oxygens (including phenoxy) is 1. The van der Waals surface area contributed by atoms with E-state index in [-0.39, 0.29) is 12.5 Å². The Labute approximate surface area is 111 Å². The van der Waals surface area contributed by atoms with Crippen LogP contribution >= 0.6 is 11.8 Å². The lowest BCUT2D eigenvalue weighted by Crippen LogP contribution is -2.03. The van der Waals surface area contributed by atoms with Gasteiger partial charge in [0.1, 0.15) is 5.75 Å². The number of nitrogens with one attached hydrogen (secondary N) is 1. The Morgan fingerprint density at radius 3 is 3.06 bits per heavy atom. The van der Waals surface area contributed by atoms with E-state index in [4.69, 9.17) is 9.84 Å². The molecule has 0 bridgehead atoms. The van der Waals surface area contributed by atoms with Crippen molar-refractivity contribution in [1.82, 2.24) is 9.97 Å². The number of fused-ring (bicyclic) bond motifs is 1. The first kappa shape index (κ1) is 13.2. The van der Waals surface area contributed by atoms with Crippen LogP contribution in [-0.2, 0) is 0 Å². The minimum atomic E-state index is 0.210. The smallest absolute Gasteiger partial charge is 0.166 e. The fourth-order valence-electron chi connectivity index (χ4n) is 1.56. The highest BCUT2D eigenvalue weighted by Crippen LogP contribution is 2.24. The summed E-state index contributed by atoms with van der Waals surface area (Å²) in [5, 5.41) is 9.88. The van der Waals surface area contributed by atoms with E-state index >= 15 is 0 Å². The number of aliphatic hydroxyl groups excluding tert-OH is 1. The summed E-state index contributed by atoms with van der Waals surface area (Å²) in [5.74, 6) is 1.99. The second kappa shape index (κ2) is 6.11. The Morgan fingerprint density at radius 1 is 1.50 bits per heavy atom. The van der Waals surface area contributed by atoms with Crippen LogP contribution in [0, 0.1) is 5.92 Å². The molecular formula is C13H18N2O2S. The number of aliphatic hydroxyl groups is 1. The summed E-state index contributed by atoms with van der Waals surface area (Å²) in [6, 6.07) is 5.85. The van der Waals surface area contributed by atoms with Crippen LogP contribution in [-0.4, -0.2) is 34.0 Å². The predicted octanol–water partition coefficient (Wildman–Crippen LogP) is 2.68. The maximum Gasteiger partial charge on any atom is 0.166 e. The number of benzene rings is 1. The van der Waals surface area contributed by atoms with E-state index in [1.807, 2.05) is 32.0 Å². The Bertz CT molecular complexity index is 513. The quantitative estimate of drug-likeness (QED) is 0.789. The lowest BCUT2D eigenvalue weighted by atomic mass is 10.2. The van der Waals surface area contributed by atoms with Crippen LogP contribution in [0.25, 0.3) is 11.0 Å². The minimum Gasteiger partial charge on any atom is -0.494 e. The van der Waals surface area contributed by atoms with Gasteiger partial charge in [0.15, 0.2) is 5.16 Å². The first-order valence-corrected chi connectivity index (χ1v) is 7.07. The van der Waals surface area contributed by atoms with Crippen molar-refractivity contribution in [2.75, 3.05) is 19.0 Å². The van der Waals surface area contributed by atoms with Crippen molar-refractivity contribution in [3.63, 3.8) is 0 Å². The number of aromatic nitrogens is 2. The topological polar surface area (TPSA) is 58.1 Å². The molecule has 4 nitrogen and oxygen atoms in total. The standard InChI is InChI=1S/C13H18N2O2S/c1-3-17-10-4-5-11-12(6-10)15-13(14-11)18-8-9(2)7-16/h4-6,9,16H,3,7-8H2,1-2H3,(H,14,15). The highest BCUT2D eigenvalue weighted by atomic mass is 32.2. The van der Waals surface area contributed by atoms with Crippen LogP contribution in [0.2, 0.25) is 0 Å². The Kier molecular flexibility index (Phi) is 4.49. The summed E-state index contributed by atoms with van der Waals surface area (Å²) in [4.78, 5) is 7.75. The van der Waals surface area contributed by atoms with E-state index in [0.29, 0.717) is 6.61 Å². The molecule has 0 amide bonds. The molecule has 2 rings (SSSR count). The molecular weight excluding hydrogens is 248 g/mol. The highest BCUT2D eigenvalue weighted by molar-refractivity contribution is 7.99. The van der Waals surface area contributed by atoms with E-state index < -0.39 is 0 Å². The third-order valence-corrected chi connectivity index (χ3v) is 3.76. The van der Waals surface area contributed by atoms with Gasteiger partial charge in [-0.3, -0.25) is 0 Å². The van der Waals surface area contributed by atoms with Crippen molar-refractivity contribution < 1.29 is 9.84 Å². The van der Waals surface area contributed by atoms with Crippen LogP contribution in [0.4, 0.5) is 0 Å². The van der Waals surface area contributed by atoms with E-state index in [0.717, 1.165) is 27.7 Å². The van der Waals surface area contributed by atoms with Gasteiger partial charge in [0.25, 0.3) is 0 Å². The number of imidazole rings is 1. The zero-order valence-electron chi connectivity index (χ0n) is 10.6. The lowest BCUT2D eigenvalue weighted by Gasteiger charge is -2.03. The van der Waals surface area contributed by atoms with Crippen LogP contribution < -0.4 is 4.74 Å². The second-order valence-electron chi connectivity index (χ2n) is 4.25. The third-order valence-electron chi connectivity index (χ3n) is 2.56. The molecule has 18 heavy (non-hydrogen) atoms. The average molecular weight is 266 g/mol. The molecule has 0 aliphatic rings. The molecule has 0 radical (unpaired) electrons. The Morgan fingerprint density at radius 2 is 2.33 bits per heavy atom. The van der Waals surface area contributed by atoms with E-state index in [9.17, 15) is 0 Å². The van der Waals surface area contributed by atoms with Gasteiger partial charge in [-0.15, -0.1) is 0 Å². The summed E-state index contributed by atoms with van der Waals surface area (Å²) in [7, 11) is 0. The molecule has 1 heterocycles. The number of hydrogen-bond donors (Lipinski definition) is 2. The molecule has 1 atom stereocenters. The fourth-order valence-corrected chi connectivity index (χ4v) is 2.46. The van der Waals surface area contributed by atoms with Crippen molar-refractivity contribution in [2.45, 2.75) is 19.0 Å². The van der Waals surface area contributed by atoms with Gasteiger partial charge in [-0.1, -0.05) is 18.7 Å². The van der Waals surface area contributed by atoms with Crippen molar-refractivity contribution in [2.24, 2.45) is 5.92 Å². The van der Waals surface area contributed by atoms with Crippen molar-refractivity contribution in [1.29, 1.82) is 0 Å². The number of nitrogens with zero attached hydrogens (tertiary/aromatic N) is 1. The Hall–Kier alpha value is -1.20. The number of thioether (sulfide) groups is 1. The molecule has 2 aromatic rings. The van der Waals surface area contributed by atoms with Gasteiger partial charge in [-0.05, 0) is 25.0 Å². The number of aromatic amines is 1. The molecule has 98 valence electrons. The van der Waals surface area contributed by atoms with Gasteiger partial charge in [-0.2, -0.15) is 0 Å². The van der Waals surface area contributed by atoms with Crippen LogP contribution in [0.3, 0.4) is 0 Å². The van der Waals surface area contributed by atoms with Gasteiger partial charge >= 0.3 is 0 Å². The average Bonchev–Trinajstić information content (AvgIpc) is 2.78. The van der Waals surface area contributed by atoms with Gasteiger partial charge in [0.2, 0.25) is 0 Å². The second-order valence-corrected chi connectivity index (χ2v) is 5.26. The van der Waals surface area contributed by atoms with E-state index in [1.165, 1.54) is 0 Å². The largest absolute Gasteiger partial charge is 0.494 e. The summed E-state index contributed by atoms with van der Waals surface area (Å²) in [6.45, 7) is 4.86. The molecule has 0 saturated carbocycles. The lowest BCUT2D eigenvalue weighted by molar-refractivity contribution is 0.250. The number of H-pyrrole nitrogens is 1. The predicted molar refractivity (Wildman–Crippen MR) is 74.2 cm³/mol. The summed E-state index contributed by atoms with van der Waals surface area (Å²) >= 11 is 1.63. The third kappa shape index (κ3) is 3.17. The monoisotopic (exact) mass is 266 g/mol. The zero-order valence-corrected chi connectivity index (χ0v) is 11.5. The SMILES string of the molecule is CCOc1ccc2nc(SCC(C)CO)[nH]c2c1. The van der Waals surface area contributed by atoms with Crippen molar-refractivity contribution >= 4 is 22.8 Å². The van der Waals surface area contributed by atoms with Crippen molar-refractivity contribution in [3.05, 3.63) is 18.2 Å². The fraction of sp³-hybridized carbons (Fsp3) is 0.462. The number of rotatable bonds is 6. The molecule has 5 heteroatoms. The van der Waals surface area contributed by atoms with E-state index in [2.05, 4.69) is 9.97 Å². The Balaban J connectivity index is 2.11. The molecule has 0 saturated heterocycles. The maximum absolute atomic E-state index is 8.99. The first-order chi connectivity index (χ1) is 8.72. The van der Waals surface area contributed by atoms with Gasteiger partial charge in [0.05, 0.1) is 17.6 Å². The number of hydrogen-bond acceptors (Lipinski definition) is 4. The highest BCUT2D eigenvalue weighted by Gasteiger charge is 2.07. The first-order valence-electron chi connectivity index (χ1n) is 6.09. The molecule has 0 aliphatic heterocycles. The molecule has 1 aromatic heterocycles. The molecule has 1 aromatic carbocycles. The van der Waals surface area contributed by atoms with Gasteiger partial charge in [-0.25, -0.2) is 4.98 Å². The van der Waals surface area contributed by atoms with E-state index in [1.54, 1.807) is 11.8 Å². The maximum atomic E-state index is 8.99. The molecule has 0 spiro atoms. The summed E-state index contributed by atoms with van der Waals surface area (Å²) < 4.78 is 5.45. The molecule has 1 unspecified atom stereocenters. The van der Waals surface area contributed by atoms with Crippen LogP contribution in [0.15, 0.2) is 23.4 Å². The van der Waals surface area contributed by atoms with Gasteiger partial charge in [0, 0.05) is 18.4 Å². The minimum absolute atomic E-state index is 0.210. The van der Waals surface area contributed by atoms with Crippen LogP contribution in [0.5, 0.6) is 5.75 Å². The molecule has 2 N–H and O–H groups in total. The zero-order chi connectivity index (χ0) is 13.0. The van der Waals surface area contributed by atoms with Crippen LogP contribution in [0.1, 0.15) is 13.8 Å². The van der Waals surface area contributed by atoms with Gasteiger partial charge < -0.3 is 14.8 Å². The van der Waals surface area contributed by atoms with Crippen molar-refractivity contribution in [3.8, 4) is 5.75 Å². The molecule has 0 aliphatic carbocycles.